The van der Waals surface area contributed by atoms with Gasteiger partial charge in [0.1, 0.15) is 10.3 Å². The maximum Gasteiger partial charge on any atom is 0.278 e. The lowest BCUT2D eigenvalue weighted by Gasteiger charge is -2.12. The van der Waals surface area contributed by atoms with Crippen LogP contribution in [-0.2, 0) is 17.2 Å². The molecule has 166 valence electrons. The number of hydrogen-bond acceptors (Lipinski definition) is 8. The fraction of sp³-hybridized carbons (Fsp3) is 0.174. The van der Waals surface area contributed by atoms with E-state index in [0.717, 1.165) is 11.1 Å². The minimum atomic E-state index is -0.234. The van der Waals surface area contributed by atoms with E-state index >= 15 is 0 Å². The number of aromatic nitrogens is 5. The number of hydrogen-bond donors (Lipinski definition) is 0. The summed E-state index contributed by atoms with van der Waals surface area (Å²) in [5.74, 6) is 0.179. The van der Waals surface area contributed by atoms with Crippen LogP contribution in [0.25, 0.3) is 32.2 Å². The van der Waals surface area contributed by atoms with Gasteiger partial charge in [0.25, 0.3) is 11.1 Å². The van der Waals surface area contributed by atoms with Crippen LogP contribution in [-0.4, -0.2) is 38.3 Å². The third-order valence-corrected chi connectivity index (χ3v) is 7.02. The molecule has 0 aliphatic rings. The molecule has 2 aromatic carbocycles. The van der Waals surface area contributed by atoms with Crippen molar-refractivity contribution in [3.63, 3.8) is 0 Å². The van der Waals surface area contributed by atoms with E-state index in [1.54, 1.807) is 29.9 Å². The maximum atomic E-state index is 13.5. The van der Waals surface area contributed by atoms with Crippen molar-refractivity contribution in [2.75, 3.05) is 13.7 Å². The molecule has 0 unspecified atom stereocenters. The summed E-state index contributed by atoms with van der Waals surface area (Å²) in [4.78, 5) is 31.7. The quantitative estimate of drug-likeness (QED) is 0.261. The molecule has 0 radical (unpaired) electrons. The van der Waals surface area contributed by atoms with Crippen molar-refractivity contribution in [3.8, 4) is 11.1 Å². The molecule has 0 saturated carbocycles. The molecule has 8 nitrogen and oxygen atoms in total. The SMILES string of the molecule is COCCn1c(SCn2nnc3ccccc3c2=O)nc2scc(-c3ccccc3)c2c1=O. The number of methoxy groups -OCH3 is 1. The van der Waals surface area contributed by atoms with E-state index in [1.807, 2.05) is 41.8 Å². The lowest BCUT2D eigenvalue weighted by molar-refractivity contribution is 0.183. The predicted molar refractivity (Wildman–Crippen MR) is 131 cm³/mol. The van der Waals surface area contributed by atoms with Gasteiger partial charge >= 0.3 is 0 Å². The largest absolute Gasteiger partial charge is 0.383 e. The average Bonchev–Trinajstić information content (AvgIpc) is 3.28. The van der Waals surface area contributed by atoms with Crippen LogP contribution < -0.4 is 11.1 Å². The first kappa shape index (κ1) is 21.5. The Balaban J connectivity index is 1.56. The molecule has 0 amide bonds. The molecule has 10 heteroatoms. The Morgan fingerprint density at radius 2 is 1.82 bits per heavy atom. The van der Waals surface area contributed by atoms with Gasteiger partial charge < -0.3 is 4.74 Å². The zero-order valence-corrected chi connectivity index (χ0v) is 19.3. The summed E-state index contributed by atoms with van der Waals surface area (Å²) in [6.45, 7) is 0.712. The number of ether oxygens (including phenoxy) is 1. The first-order valence-corrected chi connectivity index (χ1v) is 12.1. The number of thiophene rings is 1. The van der Waals surface area contributed by atoms with Crippen molar-refractivity contribution in [1.82, 2.24) is 24.5 Å². The number of nitrogens with zero attached hydrogens (tertiary/aromatic N) is 5. The fourth-order valence-electron chi connectivity index (χ4n) is 3.55. The van der Waals surface area contributed by atoms with Gasteiger partial charge in [-0.15, -0.1) is 16.4 Å². The van der Waals surface area contributed by atoms with Crippen molar-refractivity contribution in [1.29, 1.82) is 0 Å². The summed E-state index contributed by atoms with van der Waals surface area (Å²) in [7, 11) is 1.59. The van der Waals surface area contributed by atoms with E-state index in [4.69, 9.17) is 9.72 Å². The fourth-order valence-corrected chi connectivity index (χ4v) is 5.44. The van der Waals surface area contributed by atoms with Gasteiger partial charge in [0, 0.05) is 18.1 Å². The Morgan fingerprint density at radius 3 is 2.64 bits per heavy atom. The molecule has 33 heavy (non-hydrogen) atoms. The number of rotatable bonds is 7. The van der Waals surface area contributed by atoms with Crippen LogP contribution in [0.2, 0.25) is 0 Å². The summed E-state index contributed by atoms with van der Waals surface area (Å²) >= 11 is 2.70. The number of thioether (sulfide) groups is 1. The lowest BCUT2D eigenvalue weighted by Crippen LogP contribution is -2.26. The van der Waals surface area contributed by atoms with Gasteiger partial charge in [0.2, 0.25) is 0 Å². The second kappa shape index (κ2) is 9.26. The van der Waals surface area contributed by atoms with Gasteiger partial charge in [-0.05, 0) is 17.7 Å². The molecule has 0 fully saturated rings. The predicted octanol–water partition coefficient (Wildman–Crippen LogP) is 3.63. The highest BCUT2D eigenvalue weighted by atomic mass is 32.2. The van der Waals surface area contributed by atoms with Crippen molar-refractivity contribution in [3.05, 3.63) is 80.7 Å². The van der Waals surface area contributed by atoms with Gasteiger partial charge in [-0.3, -0.25) is 14.2 Å². The Labute approximate surface area is 196 Å². The molecule has 3 heterocycles. The van der Waals surface area contributed by atoms with Gasteiger partial charge in [-0.2, -0.15) is 4.68 Å². The molecule has 0 N–H and O–H groups in total. The molecule has 0 bridgehead atoms. The first-order valence-electron chi connectivity index (χ1n) is 10.2. The Kier molecular flexibility index (Phi) is 6.03. The zero-order chi connectivity index (χ0) is 22.8. The number of fused-ring (bicyclic) bond motifs is 2. The Hall–Kier alpha value is -3.34. The molecular formula is C23H19N5O3S2. The molecule has 0 aliphatic heterocycles. The summed E-state index contributed by atoms with van der Waals surface area (Å²) in [5.41, 5.74) is 2.03. The van der Waals surface area contributed by atoms with E-state index in [1.165, 1.54) is 27.8 Å². The monoisotopic (exact) mass is 477 g/mol. The van der Waals surface area contributed by atoms with Gasteiger partial charge in [-0.25, -0.2) is 4.98 Å². The smallest absolute Gasteiger partial charge is 0.278 e. The Bertz CT molecular complexity index is 1560. The average molecular weight is 478 g/mol. The van der Waals surface area contributed by atoms with Crippen molar-refractivity contribution < 1.29 is 4.74 Å². The van der Waals surface area contributed by atoms with Crippen molar-refractivity contribution >= 4 is 44.2 Å². The zero-order valence-electron chi connectivity index (χ0n) is 17.7. The van der Waals surface area contributed by atoms with E-state index in [9.17, 15) is 9.59 Å². The third kappa shape index (κ3) is 4.08. The minimum Gasteiger partial charge on any atom is -0.383 e. The van der Waals surface area contributed by atoms with Gasteiger partial charge in [0.05, 0.1) is 29.8 Å². The lowest BCUT2D eigenvalue weighted by atomic mass is 10.1. The molecule has 3 aromatic heterocycles. The van der Waals surface area contributed by atoms with E-state index < -0.39 is 0 Å². The van der Waals surface area contributed by atoms with Crippen LogP contribution in [0.5, 0.6) is 0 Å². The second-order valence-corrected chi connectivity index (χ2v) is 8.99. The summed E-state index contributed by atoms with van der Waals surface area (Å²) in [6.07, 6.45) is 0. The van der Waals surface area contributed by atoms with Crippen LogP contribution in [0.4, 0.5) is 0 Å². The number of benzene rings is 2. The molecule has 0 atom stereocenters. The molecule has 5 aromatic rings. The molecule has 0 aliphatic carbocycles. The van der Waals surface area contributed by atoms with E-state index in [0.29, 0.717) is 39.4 Å². The third-order valence-electron chi connectivity index (χ3n) is 5.21. The van der Waals surface area contributed by atoms with E-state index in [2.05, 4.69) is 10.3 Å². The summed E-state index contributed by atoms with van der Waals surface area (Å²) < 4.78 is 8.11. The van der Waals surface area contributed by atoms with Gasteiger partial charge in [0.15, 0.2) is 5.16 Å². The molecule has 0 saturated heterocycles. The minimum absolute atomic E-state index is 0.128. The van der Waals surface area contributed by atoms with Crippen LogP contribution in [0, 0.1) is 0 Å². The van der Waals surface area contributed by atoms with Gasteiger partial charge in [-0.1, -0.05) is 59.4 Å². The van der Waals surface area contributed by atoms with E-state index in [-0.39, 0.29) is 17.0 Å². The van der Waals surface area contributed by atoms with Crippen molar-refractivity contribution in [2.24, 2.45) is 0 Å². The maximum absolute atomic E-state index is 13.5. The highest BCUT2D eigenvalue weighted by molar-refractivity contribution is 7.98. The van der Waals surface area contributed by atoms with Crippen LogP contribution in [0.1, 0.15) is 0 Å². The summed E-state index contributed by atoms with van der Waals surface area (Å²) in [5, 5.41) is 11.7. The van der Waals surface area contributed by atoms with Crippen molar-refractivity contribution in [2.45, 2.75) is 17.6 Å². The summed E-state index contributed by atoms with van der Waals surface area (Å²) in [6, 6.07) is 16.9. The second-order valence-electron chi connectivity index (χ2n) is 7.22. The van der Waals surface area contributed by atoms with Crippen LogP contribution >= 0.6 is 23.1 Å². The Morgan fingerprint density at radius 1 is 1.03 bits per heavy atom. The van der Waals surface area contributed by atoms with Crippen LogP contribution in [0.3, 0.4) is 0 Å². The first-order chi connectivity index (χ1) is 16.2. The molecule has 0 spiro atoms. The topological polar surface area (TPSA) is 91.9 Å². The standard InChI is InChI=1S/C23H19N5O3S2/c1-31-12-11-27-22(30)19-17(15-7-3-2-4-8-15)13-32-20(19)24-23(27)33-14-28-21(29)16-9-5-6-10-18(16)25-26-28/h2-10,13H,11-12,14H2,1H3. The normalized spacial score (nSPS) is 11.4. The van der Waals surface area contributed by atoms with Crippen LogP contribution in [0.15, 0.2) is 74.7 Å². The highest BCUT2D eigenvalue weighted by Gasteiger charge is 2.18. The molecular weight excluding hydrogens is 458 g/mol. The molecule has 5 rings (SSSR count). The highest BCUT2D eigenvalue weighted by Crippen LogP contribution is 2.32.